The Kier molecular flexibility index (Phi) is 5.16. The fraction of sp³-hybridized carbons (Fsp3) is 0.667. The molecule has 2 N–H and O–H groups in total. The number of hydrogen-bond donors (Lipinski definition) is 2. The van der Waals surface area contributed by atoms with E-state index in [1.165, 1.54) is 6.92 Å². The maximum atomic E-state index is 12.3. The zero-order chi connectivity index (χ0) is 21.8. The highest BCUT2D eigenvalue weighted by atomic mass is 16.7. The van der Waals surface area contributed by atoms with Crippen LogP contribution < -0.4 is 0 Å². The predicted molar refractivity (Wildman–Crippen MR) is 100 cm³/mol. The van der Waals surface area contributed by atoms with Crippen LogP contribution in [0.25, 0.3) is 0 Å². The number of carbonyl (C=O) groups is 3. The molecule has 0 unspecified atom stereocenters. The molecule has 3 rings (SSSR count). The molecule has 0 spiro atoms. The summed E-state index contributed by atoms with van der Waals surface area (Å²) in [6.07, 6.45) is 1.40. The van der Waals surface area contributed by atoms with Crippen LogP contribution in [0.5, 0.6) is 0 Å². The lowest BCUT2D eigenvalue weighted by Crippen LogP contribution is -2.70. The molecule has 0 aromatic heterocycles. The molecular weight excluding hydrogens is 380 g/mol. The summed E-state index contributed by atoms with van der Waals surface area (Å²) >= 11 is 0. The first-order valence-corrected chi connectivity index (χ1v) is 9.79. The van der Waals surface area contributed by atoms with Crippen LogP contribution in [0.15, 0.2) is 23.3 Å². The number of carbonyl (C=O) groups excluding carboxylic acids is 3. The standard InChI is InChI=1S/C21H28O8/c1-6-11(2)18(24)28-15-7-8-20(25)10-21(26)14(9-16(23)29-21)17(27-13(4)22)19(20,5)12(15)3/h6,9,12,15,17,25-26H,7-8,10H2,1-5H3/b11-6-/t12-,15-,17+,19-,20-,21-/m0/s1. The molecule has 0 saturated heterocycles. The van der Waals surface area contributed by atoms with Crippen LogP contribution in [-0.2, 0) is 28.6 Å². The Morgan fingerprint density at radius 1 is 1.28 bits per heavy atom. The van der Waals surface area contributed by atoms with Crippen LogP contribution in [0.2, 0.25) is 0 Å². The summed E-state index contributed by atoms with van der Waals surface area (Å²) in [5.41, 5.74) is -2.07. The molecule has 0 bridgehead atoms. The van der Waals surface area contributed by atoms with Gasteiger partial charge >= 0.3 is 17.9 Å². The summed E-state index contributed by atoms with van der Waals surface area (Å²) in [4.78, 5) is 36.1. The maximum Gasteiger partial charge on any atom is 0.333 e. The van der Waals surface area contributed by atoms with Crippen molar-refractivity contribution in [2.24, 2.45) is 11.3 Å². The first-order valence-electron chi connectivity index (χ1n) is 9.79. The zero-order valence-electron chi connectivity index (χ0n) is 17.4. The van der Waals surface area contributed by atoms with Crippen molar-refractivity contribution in [3.63, 3.8) is 0 Å². The molecule has 1 heterocycles. The van der Waals surface area contributed by atoms with E-state index in [1.807, 2.05) is 6.92 Å². The topological polar surface area (TPSA) is 119 Å². The van der Waals surface area contributed by atoms with Crippen LogP contribution in [0.1, 0.15) is 53.9 Å². The molecule has 6 atom stereocenters. The Balaban J connectivity index is 2.04. The zero-order valence-corrected chi connectivity index (χ0v) is 17.4. The Labute approximate surface area is 169 Å². The van der Waals surface area contributed by atoms with Crippen molar-refractivity contribution in [3.8, 4) is 0 Å². The van der Waals surface area contributed by atoms with Crippen molar-refractivity contribution in [3.05, 3.63) is 23.3 Å². The molecule has 0 aromatic rings. The lowest BCUT2D eigenvalue weighted by molar-refractivity contribution is -0.285. The quantitative estimate of drug-likeness (QED) is 0.410. The second-order valence-corrected chi connectivity index (χ2v) is 8.53. The molecule has 8 heteroatoms. The highest BCUT2D eigenvalue weighted by Gasteiger charge is 2.71. The van der Waals surface area contributed by atoms with Gasteiger partial charge in [-0.15, -0.1) is 0 Å². The van der Waals surface area contributed by atoms with Crippen molar-refractivity contribution in [2.45, 2.75) is 77.5 Å². The highest BCUT2D eigenvalue weighted by Crippen LogP contribution is 2.61. The van der Waals surface area contributed by atoms with E-state index in [2.05, 4.69) is 0 Å². The van der Waals surface area contributed by atoms with Crippen LogP contribution in [0.3, 0.4) is 0 Å². The van der Waals surface area contributed by atoms with Gasteiger partial charge in [-0.05, 0) is 26.7 Å². The van der Waals surface area contributed by atoms with Gasteiger partial charge in [0.05, 0.1) is 5.60 Å². The normalized spacial score (nSPS) is 41.6. The molecular formula is C21H28O8. The van der Waals surface area contributed by atoms with Gasteiger partial charge in [-0.2, -0.15) is 0 Å². The van der Waals surface area contributed by atoms with E-state index in [9.17, 15) is 24.6 Å². The molecule has 8 nitrogen and oxygen atoms in total. The number of ether oxygens (including phenoxy) is 3. The van der Waals surface area contributed by atoms with E-state index < -0.39 is 52.8 Å². The first kappa shape index (κ1) is 21.5. The molecule has 0 amide bonds. The van der Waals surface area contributed by atoms with Crippen LogP contribution in [-0.4, -0.2) is 51.7 Å². The molecule has 0 aromatic carbocycles. The van der Waals surface area contributed by atoms with E-state index in [4.69, 9.17) is 14.2 Å². The summed E-state index contributed by atoms with van der Waals surface area (Å²) in [7, 11) is 0. The van der Waals surface area contributed by atoms with Crippen molar-refractivity contribution < 1.29 is 38.8 Å². The van der Waals surface area contributed by atoms with Crippen LogP contribution in [0.4, 0.5) is 0 Å². The van der Waals surface area contributed by atoms with Gasteiger partial charge in [0.1, 0.15) is 12.2 Å². The van der Waals surface area contributed by atoms with Gasteiger partial charge in [0.2, 0.25) is 5.79 Å². The lowest BCUT2D eigenvalue weighted by atomic mass is 9.49. The maximum absolute atomic E-state index is 12.3. The van der Waals surface area contributed by atoms with Gasteiger partial charge in [0.25, 0.3) is 0 Å². The van der Waals surface area contributed by atoms with Gasteiger partial charge in [0.15, 0.2) is 0 Å². The van der Waals surface area contributed by atoms with Gasteiger partial charge in [-0.25, -0.2) is 9.59 Å². The minimum atomic E-state index is -2.03. The lowest BCUT2D eigenvalue weighted by Gasteiger charge is -2.61. The second kappa shape index (κ2) is 6.95. The summed E-state index contributed by atoms with van der Waals surface area (Å²) in [6, 6.07) is 0. The van der Waals surface area contributed by atoms with Crippen molar-refractivity contribution in [1.82, 2.24) is 0 Å². The molecule has 2 fully saturated rings. The summed E-state index contributed by atoms with van der Waals surface area (Å²) in [5, 5.41) is 22.5. The average Bonchev–Trinajstić information content (AvgIpc) is 2.92. The third-order valence-corrected chi connectivity index (χ3v) is 7.00. The Morgan fingerprint density at radius 2 is 1.93 bits per heavy atom. The minimum absolute atomic E-state index is 0.105. The predicted octanol–water partition coefficient (Wildman–Crippen LogP) is 1.54. The van der Waals surface area contributed by atoms with Crippen LogP contribution in [0, 0.1) is 11.3 Å². The van der Waals surface area contributed by atoms with Gasteiger partial charge in [0, 0.05) is 41.9 Å². The van der Waals surface area contributed by atoms with E-state index in [-0.39, 0.29) is 18.4 Å². The molecule has 2 saturated carbocycles. The molecule has 3 aliphatic rings. The Hall–Kier alpha value is -2.19. The molecule has 1 aliphatic heterocycles. The summed E-state index contributed by atoms with van der Waals surface area (Å²) < 4.78 is 16.3. The largest absolute Gasteiger partial charge is 0.459 e. The van der Waals surface area contributed by atoms with Crippen LogP contribution >= 0.6 is 0 Å². The average molecular weight is 408 g/mol. The number of esters is 3. The fourth-order valence-corrected chi connectivity index (χ4v) is 4.97. The van der Waals surface area contributed by atoms with E-state index in [0.717, 1.165) is 6.08 Å². The number of rotatable bonds is 3. The Bertz CT molecular complexity index is 813. The van der Waals surface area contributed by atoms with Gasteiger partial charge in [-0.1, -0.05) is 19.9 Å². The molecule has 160 valence electrons. The first-order chi connectivity index (χ1) is 13.4. The monoisotopic (exact) mass is 408 g/mol. The second-order valence-electron chi connectivity index (χ2n) is 8.53. The SMILES string of the molecule is C/C=C(/C)C(=O)O[C@H]1CC[C@]2(O)C[C@]3(O)OC(=O)C=C3[C@@H](OC(C)=O)[C@]2(C)[C@H]1C. The molecule has 0 radical (unpaired) electrons. The van der Waals surface area contributed by atoms with Gasteiger partial charge in [-0.3, -0.25) is 4.79 Å². The smallest absolute Gasteiger partial charge is 0.333 e. The van der Waals surface area contributed by atoms with E-state index in [0.29, 0.717) is 12.0 Å². The fourth-order valence-electron chi connectivity index (χ4n) is 4.97. The van der Waals surface area contributed by atoms with Crippen molar-refractivity contribution in [2.75, 3.05) is 0 Å². The van der Waals surface area contributed by atoms with Gasteiger partial charge < -0.3 is 24.4 Å². The molecule has 2 aliphatic carbocycles. The van der Waals surface area contributed by atoms with Crippen molar-refractivity contribution in [1.29, 1.82) is 0 Å². The van der Waals surface area contributed by atoms with E-state index in [1.54, 1.807) is 26.8 Å². The Morgan fingerprint density at radius 3 is 2.52 bits per heavy atom. The minimum Gasteiger partial charge on any atom is -0.459 e. The summed E-state index contributed by atoms with van der Waals surface area (Å²) in [6.45, 7) is 8.16. The number of aliphatic hydroxyl groups is 2. The third-order valence-electron chi connectivity index (χ3n) is 7.00. The van der Waals surface area contributed by atoms with E-state index >= 15 is 0 Å². The number of fused-ring (bicyclic) bond motifs is 2. The van der Waals surface area contributed by atoms with Crippen molar-refractivity contribution >= 4 is 17.9 Å². The summed E-state index contributed by atoms with van der Waals surface area (Å²) in [5.74, 6) is -4.31. The number of hydrogen-bond acceptors (Lipinski definition) is 8. The highest BCUT2D eigenvalue weighted by molar-refractivity contribution is 5.88. The number of allylic oxidation sites excluding steroid dienone is 1. The molecule has 29 heavy (non-hydrogen) atoms. The third kappa shape index (κ3) is 3.18.